The van der Waals surface area contributed by atoms with E-state index in [0.717, 1.165) is 36.1 Å². The lowest BCUT2D eigenvalue weighted by Crippen LogP contribution is -2.29. The maximum atomic E-state index is 12.2. The predicted molar refractivity (Wildman–Crippen MR) is 109 cm³/mol. The van der Waals surface area contributed by atoms with E-state index in [1.165, 1.54) is 23.1 Å². The topological polar surface area (TPSA) is 54.7 Å². The second-order valence-electron chi connectivity index (χ2n) is 5.98. The fourth-order valence-corrected chi connectivity index (χ4v) is 4.89. The van der Waals surface area contributed by atoms with E-state index in [1.54, 1.807) is 6.08 Å². The molecule has 8 heteroatoms. The number of thioether (sulfide) groups is 1. The largest absolute Gasteiger partial charge is 0.342 e. The Balaban J connectivity index is 1.69. The molecule has 0 aliphatic carbocycles. The van der Waals surface area contributed by atoms with Crippen LogP contribution in [0.1, 0.15) is 12.8 Å². The van der Waals surface area contributed by atoms with E-state index in [9.17, 15) is 9.59 Å². The van der Waals surface area contributed by atoms with Gasteiger partial charge < -0.3 is 9.47 Å². The van der Waals surface area contributed by atoms with Crippen LogP contribution in [0.25, 0.3) is 10.2 Å². The smallest absolute Gasteiger partial charge is 0.258 e. The van der Waals surface area contributed by atoms with Crippen molar-refractivity contribution in [1.82, 2.24) is 9.47 Å². The number of carbonyl (C=O) groups is 2. The molecule has 1 saturated heterocycles. The summed E-state index contributed by atoms with van der Waals surface area (Å²) in [5, 5.41) is 0.651. The fraction of sp³-hybridized carbons (Fsp3) is 0.389. The van der Waals surface area contributed by atoms with Crippen molar-refractivity contribution in [3.63, 3.8) is 0 Å². The second kappa shape index (κ2) is 8.88. The predicted octanol–water partition coefficient (Wildman–Crippen LogP) is 3.33. The van der Waals surface area contributed by atoms with Gasteiger partial charge in [0.2, 0.25) is 5.91 Å². The third-order valence-electron chi connectivity index (χ3n) is 4.09. The van der Waals surface area contributed by atoms with Gasteiger partial charge in [-0.05, 0) is 31.0 Å². The van der Waals surface area contributed by atoms with E-state index in [2.05, 4.69) is 11.6 Å². The zero-order valence-corrected chi connectivity index (χ0v) is 16.7. The number of halogens is 1. The van der Waals surface area contributed by atoms with Crippen LogP contribution >= 0.6 is 34.7 Å². The number of likely N-dealkylation sites (tertiary alicyclic amines) is 1. The Kier molecular flexibility index (Phi) is 6.56. The van der Waals surface area contributed by atoms with Crippen molar-refractivity contribution in [3.8, 4) is 0 Å². The van der Waals surface area contributed by atoms with Crippen LogP contribution in [0.5, 0.6) is 0 Å². The number of carbonyl (C=O) groups excluding carboxylic acids is 2. The molecular weight excluding hydrogens is 390 g/mol. The number of fused-ring (bicyclic) bond motifs is 1. The highest BCUT2D eigenvalue weighted by Crippen LogP contribution is 2.22. The minimum Gasteiger partial charge on any atom is -0.342 e. The van der Waals surface area contributed by atoms with Crippen molar-refractivity contribution in [3.05, 3.63) is 40.7 Å². The van der Waals surface area contributed by atoms with Crippen LogP contribution in [0.2, 0.25) is 5.02 Å². The number of aromatic nitrogens is 1. The Hall–Kier alpha value is -1.57. The van der Waals surface area contributed by atoms with Gasteiger partial charge in [0.15, 0.2) is 4.80 Å². The molecule has 1 aromatic heterocycles. The van der Waals surface area contributed by atoms with Crippen LogP contribution in [0, 0.1) is 0 Å². The van der Waals surface area contributed by atoms with E-state index >= 15 is 0 Å². The molecule has 1 aromatic carbocycles. The van der Waals surface area contributed by atoms with Gasteiger partial charge in [0, 0.05) is 24.7 Å². The molecule has 2 heterocycles. The van der Waals surface area contributed by atoms with Gasteiger partial charge in [0.05, 0.1) is 21.7 Å². The quantitative estimate of drug-likeness (QED) is 0.687. The van der Waals surface area contributed by atoms with E-state index < -0.39 is 0 Å². The molecule has 0 spiro atoms. The summed E-state index contributed by atoms with van der Waals surface area (Å²) in [5.41, 5.74) is 0.975. The lowest BCUT2D eigenvalue weighted by Gasteiger charge is -2.14. The molecular formula is C18H20ClN3O2S2. The first-order chi connectivity index (χ1) is 12.6. The number of amides is 2. The molecule has 1 aliphatic rings. The zero-order valence-electron chi connectivity index (χ0n) is 14.3. The minimum atomic E-state index is -0.236. The first kappa shape index (κ1) is 19.2. The van der Waals surface area contributed by atoms with Gasteiger partial charge in [0.1, 0.15) is 0 Å². The Morgan fingerprint density at radius 3 is 2.81 bits per heavy atom. The molecule has 0 unspecified atom stereocenters. The van der Waals surface area contributed by atoms with E-state index in [0.29, 0.717) is 22.1 Å². The molecule has 1 aliphatic heterocycles. The van der Waals surface area contributed by atoms with Gasteiger partial charge in [0.25, 0.3) is 5.91 Å². The number of benzene rings is 1. The summed E-state index contributed by atoms with van der Waals surface area (Å²) >= 11 is 8.80. The summed E-state index contributed by atoms with van der Waals surface area (Å²) < 4.78 is 2.92. The minimum absolute atomic E-state index is 0.110. The Bertz CT molecular complexity index is 897. The third-order valence-corrected chi connectivity index (χ3v) is 6.27. The van der Waals surface area contributed by atoms with E-state index in [1.807, 2.05) is 27.7 Å². The standard InChI is InChI=1S/C18H20ClN3O2S2/c1-2-7-22-14-6-5-13(19)10-15(14)26-18(22)20-16(23)11-25-12-17(24)21-8-3-4-9-21/h2,5-6,10H,1,3-4,7-9,11-12H2. The van der Waals surface area contributed by atoms with Crippen LogP contribution in [-0.4, -0.2) is 45.9 Å². The molecule has 0 bridgehead atoms. The highest BCUT2D eigenvalue weighted by Gasteiger charge is 2.17. The summed E-state index contributed by atoms with van der Waals surface area (Å²) in [5.74, 6) is 0.400. The highest BCUT2D eigenvalue weighted by molar-refractivity contribution is 8.00. The Morgan fingerprint density at radius 1 is 1.31 bits per heavy atom. The fourth-order valence-electron chi connectivity index (χ4n) is 2.86. The van der Waals surface area contributed by atoms with Crippen molar-refractivity contribution < 1.29 is 9.59 Å². The molecule has 2 amide bonds. The van der Waals surface area contributed by atoms with Crippen molar-refractivity contribution >= 4 is 56.7 Å². The van der Waals surface area contributed by atoms with Crippen LogP contribution in [0.4, 0.5) is 0 Å². The maximum absolute atomic E-state index is 12.2. The molecule has 0 radical (unpaired) electrons. The molecule has 3 rings (SSSR count). The van der Waals surface area contributed by atoms with Crippen LogP contribution in [0.15, 0.2) is 35.8 Å². The summed E-state index contributed by atoms with van der Waals surface area (Å²) in [7, 11) is 0. The van der Waals surface area contributed by atoms with Crippen molar-refractivity contribution in [2.24, 2.45) is 4.99 Å². The zero-order chi connectivity index (χ0) is 18.5. The number of hydrogen-bond acceptors (Lipinski definition) is 4. The number of nitrogens with zero attached hydrogens (tertiary/aromatic N) is 3. The SMILES string of the molecule is C=CCn1c(=NC(=O)CSCC(=O)N2CCCC2)sc2cc(Cl)ccc21. The average molecular weight is 410 g/mol. The van der Waals surface area contributed by atoms with Crippen LogP contribution in [-0.2, 0) is 16.1 Å². The summed E-state index contributed by atoms with van der Waals surface area (Å²) in [6.45, 7) is 6.01. The lowest BCUT2D eigenvalue weighted by molar-refractivity contribution is -0.127. The van der Waals surface area contributed by atoms with Crippen molar-refractivity contribution in [2.45, 2.75) is 19.4 Å². The number of thiazole rings is 1. The third kappa shape index (κ3) is 4.58. The molecule has 0 saturated carbocycles. The molecule has 2 aromatic rings. The summed E-state index contributed by atoms with van der Waals surface area (Å²) in [6.07, 6.45) is 3.92. The van der Waals surface area contributed by atoms with Crippen molar-refractivity contribution in [2.75, 3.05) is 24.6 Å². The molecule has 0 N–H and O–H groups in total. The first-order valence-electron chi connectivity index (χ1n) is 8.41. The van der Waals surface area contributed by atoms with Gasteiger partial charge in [-0.3, -0.25) is 9.59 Å². The van der Waals surface area contributed by atoms with E-state index in [4.69, 9.17) is 11.6 Å². The second-order valence-corrected chi connectivity index (χ2v) is 8.41. The normalized spacial score (nSPS) is 15.0. The average Bonchev–Trinajstić information content (AvgIpc) is 3.24. The number of allylic oxidation sites excluding steroid dienone is 1. The summed E-state index contributed by atoms with van der Waals surface area (Å²) in [4.78, 5) is 31.0. The molecule has 26 heavy (non-hydrogen) atoms. The molecule has 0 atom stereocenters. The van der Waals surface area contributed by atoms with Crippen molar-refractivity contribution in [1.29, 1.82) is 0 Å². The van der Waals surface area contributed by atoms with Crippen LogP contribution < -0.4 is 4.80 Å². The highest BCUT2D eigenvalue weighted by atomic mass is 35.5. The Labute approximate surface area is 165 Å². The maximum Gasteiger partial charge on any atom is 0.258 e. The molecule has 1 fully saturated rings. The van der Waals surface area contributed by atoms with Crippen LogP contribution in [0.3, 0.4) is 0 Å². The first-order valence-corrected chi connectivity index (χ1v) is 10.8. The summed E-state index contributed by atoms with van der Waals surface area (Å²) in [6, 6.07) is 5.61. The van der Waals surface area contributed by atoms with Gasteiger partial charge in [-0.15, -0.1) is 18.3 Å². The van der Waals surface area contributed by atoms with Gasteiger partial charge in [-0.1, -0.05) is 29.0 Å². The number of rotatable bonds is 6. The molecule has 138 valence electrons. The van der Waals surface area contributed by atoms with Gasteiger partial charge >= 0.3 is 0 Å². The molecule has 5 nitrogen and oxygen atoms in total. The van der Waals surface area contributed by atoms with E-state index in [-0.39, 0.29) is 17.6 Å². The van der Waals surface area contributed by atoms with Gasteiger partial charge in [-0.25, -0.2) is 0 Å². The number of hydrogen-bond donors (Lipinski definition) is 0. The monoisotopic (exact) mass is 409 g/mol. The Morgan fingerprint density at radius 2 is 2.08 bits per heavy atom. The lowest BCUT2D eigenvalue weighted by atomic mass is 10.3. The van der Waals surface area contributed by atoms with Gasteiger partial charge in [-0.2, -0.15) is 4.99 Å².